The lowest BCUT2D eigenvalue weighted by Gasteiger charge is -2.23. The van der Waals surface area contributed by atoms with Gasteiger partial charge in [-0.25, -0.2) is 4.79 Å². The van der Waals surface area contributed by atoms with Crippen LogP contribution in [-0.4, -0.2) is 44.9 Å². The summed E-state index contributed by atoms with van der Waals surface area (Å²) >= 11 is 0. The Morgan fingerprint density at radius 3 is 1.88 bits per heavy atom. The molecule has 0 saturated heterocycles. The third kappa shape index (κ3) is 5.13. The van der Waals surface area contributed by atoms with Crippen LogP contribution < -0.4 is 17.2 Å². The third-order valence-electron chi connectivity index (χ3n) is 2.15. The minimum absolute atomic E-state index is 0.0353. The molecule has 0 radical (unpaired) electrons. The van der Waals surface area contributed by atoms with E-state index in [0.29, 0.717) is 0 Å². The van der Waals surface area contributed by atoms with Crippen LogP contribution in [0, 0.1) is 0 Å². The molecule has 17 heavy (non-hydrogen) atoms. The number of hydrogen-bond acceptors (Lipinski definition) is 7. The van der Waals surface area contributed by atoms with E-state index in [-0.39, 0.29) is 17.9 Å². The van der Waals surface area contributed by atoms with Crippen molar-refractivity contribution in [1.82, 2.24) is 0 Å². The first kappa shape index (κ1) is 16.5. The molecule has 1 atom stereocenters. The van der Waals surface area contributed by atoms with Crippen LogP contribution in [0.3, 0.4) is 0 Å². The monoisotopic (exact) mass is 283 g/mol. The molecule has 0 saturated carbocycles. The highest BCUT2D eigenvalue weighted by Gasteiger charge is 2.33. The topological polar surface area (TPSA) is 153 Å². The van der Waals surface area contributed by atoms with Crippen LogP contribution in [0.5, 0.6) is 0 Å². The van der Waals surface area contributed by atoms with Crippen molar-refractivity contribution in [2.75, 3.05) is 11.5 Å². The van der Waals surface area contributed by atoms with E-state index in [1.807, 2.05) is 0 Å². The molecule has 0 amide bonds. The standard InChI is InChI=1S/C8H17N3O4S2/c1-2-7(9,5(12)13)3-16-17-4-8(10,11)6(14)15/h2-4,9-11H2,1H3,(H,12,13)(H,14,15)/t7-/m0/s1. The lowest BCUT2D eigenvalue weighted by atomic mass is 10.0. The van der Waals surface area contributed by atoms with Gasteiger partial charge in [-0.2, -0.15) is 0 Å². The molecular weight excluding hydrogens is 266 g/mol. The molecule has 0 heterocycles. The summed E-state index contributed by atoms with van der Waals surface area (Å²) in [7, 11) is 2.24. The van der Waals surface area contributed by atoms with E-state index in [1.165, 1.54) is 0 Å². The van der Waals surface area contributed by atoms with Gasteiger partial charge in [0.1, 0.15) is 5.54 Å². The lowest BCUT2D eigenvalue weighted by Crippen LogP contribution is -2.58. The summed E-state index contributed by atoms with van der Waals surface area (Å²) in [5.74, 6) is -2.28. The molecule has 0 aliphatic heterocycles. The van der Waals surface area contributed by atoms with Crippen LogP contribution in [0.2, 0.25) is 0 Å². The Hall–Kier alpha value is -0.480. The first-order valence-corrected chi connectivity index (χ1v) is 7.22. The van der Waals surface area contributed by atoms with Crippen molar-refractivity contribution in [1.29, 1.82) is 0 Å². The summed E-state index contributed by atoms with van der Waals surface area (Å²) in [6.07, 6.45) is 0.283. The summed E-state index contributed by atoms with van der Waals surface area (Å²) in [5.41, 5.74) is 13.1. The number of carboxylic acid groups (broad SMARTS) is 2. The Kier molecular flexibility index (Phi) is 6.27. The Bertz CT molecular complexity index is 300. The second kappa shape index (κ2) is 6.45. The van der Waals surface area contributed by atoms with Gasteiger partial charge in [-0.3, -0.25) is 4.79 Å². The molecule has 0 rings (SSSR count). The van der Waals surface area contributed by atoms with E-state index in [2.05, 4.69) is 0 Å². The van der Waals surface area contributed by atoms with Crippen LogP contribution in [0.25, 0.3) is 0 Å². The first-order valence-electron chi connectivity index (χ1n) is 4.73. The molecule has 0 aliphatic carbocycles. The number of nitrogens with two attached hydrogens (primary N) is 3. The molecule has 100 valence electrons. The molecule has 0 spiro atoms. The van der Waals surface area contributed by atoms with Gasteiger partial charge in [-0.15, -0.1) is 0 Å². The van der Waals surface area contributed by atoms with Crippen LogP contribution in [0.1, 0.15) is 13.3 Å². The fourth-order valence-corrected chi connectivity index (χ4v) is 3.40. The normalized spacial score (nSPS) is 15.3. The summed E-state index contributed by atoms with van der Waals surface area (Å²) in [6, 6.07) is 0. The van der Waals surface area contributed by atoms with Gasteiger partial charge in [0.25, 0.3) is 0 Å². The van der Waals surface area contributed by atoms with Gasteiger partial charge in [0, 0.05) is 11.5 Å². The molecule has 9 heteroatoms. The summed E-state index contributed by atoms with van der Waals surface area (Å²) < 4.78 is 0. The van der Waals surface area contributed by atoms with Crippen molar-refractivity contribution >= 4 is 33.5 Å². The highest BCUT2D eigenvalue weighted by Crippen LogP contribution is 2.27. The molecule has 0 fully saturated rings. The summed E-state index contributed by atoms with van der Waals surface area (Å²) in [4.78, 5) is 21.4. The average molecular weight is 283 g/mol. The van der Waals surface area contributed by atoms with E-state index in [9.17, 15) is 9.59 Å². The zero-order valence-electron chi connectivity index (χ0n) is 9.38. The minimum Gasteiger partial charge on any atom is -0.480 e. The molecular formula is C8H17N3O4S2. The van der Waals surface area contributed by atoms with Crippen LogP contribution in [0.4, 0.5) is 0 Å². The largest absolute Gasteiger partial charge is 0.480 e. The van der Waals surface area contributed by atoms with Crippen molar-refractivity contribution in [2.24, 2.45) is 17.2 Å². The molecule has 8 N–H and O–H groups in total. The smallest absolute Gasteiger partial charge is 0.339 e. The van der Waals surface area contributed by atoms with Crippen molar-refractivity contribution < 1.29 is 19.8 Å². The van der Waals surface area contributed by atoms with Gasteiger partial charge >= 0.3 is 11.9 Å². The van der Waals surface area contributed by atoms with Gasteiger partial charge in [0.2, 0.25) is 0 Å². The van der Waals surface area contributed by atoms with Crippen LogP contribution >= 0.6 is 21.6 Å². The number of carboxylic acids is 2. The van der Waals surface area contributed by atoms with Gasteiger partial charge in [0.15, 0.2) is 5.66 Å². The van der Waals surface area contributed by atoms with Crippen molar-refractivity contribution in [2.45, 2.75) is 24.5 Å². The van der Waals surface area contributed by atoms with E-state index < -0.39 is 23.1 Å². The molecule has 7 nitrogen and oxygen atoms in total. The van der Waals surface area contributed by atoms with Gasteiger partial charge in [0.05, 0.1) is 0 Å². The van der Waals surface area contributed by atoms with E-state index in [0.717, 1.165) is 21.6 Å². The van der Waals surface area contributed by atoms with E-state index in [4.69, 9.17) is 27.4 Å². The summed E-state index contributed by atoms with van der Waals surface area (Å²) in [5, 5.41) is 17.5. The van der Waals surface area contributed by atoms with Gasteiger partial charge < -0.3 is 27.4 Å². The fourth-order valence-electron chi connectivity index (χ4n) is 0.663. The number of carbonyl (C=O) groups is 2. The highest BCUT2D eigenvalue weighted by molar-refractivity contribution is 8.76. The third-order valence-corrected chi connectivity index (χ3v) is 4.75. The predicted molar refractivity (Wildman–Crippen MR) is 68.5 cm³/mol. The predicted octanol–water partition coefficient (Wildman–Crippen LogP) is -0.742. The average Bonchev–Trinajstić information content (AvgIpc) is 2.23. The molecule has 0 aromatic heterocycles. The maximum absolute atomic E-state index is 10.9. The second-order valence-electron chi connectivity index (χ2n) is 3.68. The van der Waals surface area contributed by atoms with E-state index in [1.54, 1.807) is 6.92 Å². The molecule has 0 aliphatic rings. The number of rotatable bonds is 8. The second-order valence-corrected chi connectivity index (χ2v) is 6.15. The molecule has 0 aromatic rings. The molecule has 0 aromatic carbocycles. The fraction of sp³-hybridized carbons (Fsp3) is 0.750. The van der Waals surface area contributed by atoms with Crippen molar-refractivity contribution in [3.8, 4) is 0 Å². The SMILES string of the molecule is CC[C@](N)(CSSCC(N)(N)C(=O)O)C(=O)O. The lowest BCUT2D eigenvalue weighted by molar-refractivity contribution is -0.143. The van der Waals surface area contributed by atoms with E-state index >= 15 is 0 Å². The Balaban J connectivity index is 4.09. The van der Waals surface area contributed by atoms with Crippen molar-refractivity contribution in [3.63, 3.8) is 0 Å². The van der Waals surface area contributed by atoms with Crippen LogP contribution in [0.15, 0.2) is 0 Å². The zero-order chi connectivity index (χ0) is 13.7. The zero-order valence-corrected chi connectivity index (χ0v) is 11.0. The Morgan fingerprint density at radius 2 is 1.53 bits per heavy atom. The number of aliphatic carboxylic acids is 2. The minimum atomic E-state index is -1.82. The maximum Gasteiger partial charge on any atom is 0.339 e. The molecule has 0 unspecified atom stereocenters. The molecule has 0 bridgehead atoms. The first-order chi connectivity index (χ1) is 7.65. The Labute approximate surface area is 107 Å². The number of hydrogen-bond donors (Lipinski definition) is 5. The quantitative estimate of drug-likeness (QED) is 0.220. The van der Waals surface area contributed by atoms with Crippen LogP contribution in [-0.2, 0) is 9.59 Å². The maximum atomic E-state index is 10.9. The Morgan fingerprint density at radius 1 is 1.06 bits per heavy atom. The summed E-state index contributed by atoms with van der Waals surface area (Å²) in [6.45, 7) is 1.67. The van der Waals surface area contributed by atoms with Gasteiger partial charge in [-0.1, -0.05) is 28.5 Å². The van der Waals surface area contributed by atoms with Gasteiger partial charge in [-0.05, 0) is 6.42 Å². The highest BCUT2D eigenvalue weighted by atomic mass is 33.1. The van der Waals surface area contributed by atoms with Crippen molar-refractivity contribution in [3.05, 3.63) is 0 Å².